The van der Waals surface area contributed by atoms with Crippen molar-refractivity contribution >= 4 is 5.91 Å². The number of ether oxygens (including phenoxy) is 1. The van der Waals surface area contributed by atoms with Gasteiger partial charge in [0.2, 0.25) is 5.91 Å². The van der Waals surface area contributed by atoms with Gasteiger partial charge < -0.3 is 14.6 Å². The van der Waals surface area contributed by atoms with E-state index in [1.54, 1.807) is 7.11 Å². The molecule has 0 aromatic carbocycles. The number of hydrogen-bond donors (Lipinski definition) is 1. The average molecular weight is 237 g/mol. The number of aromatic nitrogens is 2. The van der Waals surface area contributed by atoms with E-state index in [9.17, 15) is 4.79 Å². The summed E-state index contributed by atoms with van der Waals surface area (Å²) in [5.74, 6) is 1.24. The first kappa shape index (κ1) is 12.1. The van der Waals surface area contributed by atoms with Crippen molar-refractivity contribution in [1.82, 2.24) is 14.9 Å². The SMILES string of the molecule is COCCCC(=O)NC1CCc2nccn2C1. The smallest absolute Gasteiger partial charge is 0.220 e. The molecule has 1 atom stereocenters. The van der Waals surface area contributed by atoms with Gasteiger partial charge in [0.25, 0.3) is 0 Å². The van der Waals surface area contributed by atoms with Crippen molar-refractivity contribution in [2.45, 2.75) is 38.3 Å². The van der Waals surface area contributed by atoms with Crippen molar-refractivity contribution in [1.29, 1.82) is 0 Å². The quantitative estimate of drug-likeness (QED) is 0.768. The van der Waals surface area contributed by atoms with E-state index in [2.05, 4.69) is 14.9 Å². The van der Waals surface area contributed by atoms with Crippen LogP contribution in [0.1, 0.15) is 25.1 Å². The molecule has 0 aliphatic carbocycles. The summed E-state index contributed by atoms with van der Waals surface area (Å²) in [6.45, 7) is 1.48. The van der Waals surface area contributed by atoms with E-state index >= 15 is 0 Å². The van der Waals surface area contributed by atoms with Crippen LogP contribution >= 0.6 is 0 Å². The summed E-state index contributed by atoms with van der Waals surface area (Å²) < 4.78 is 7.04. The van der Waals surface area contributed by atoms with Crippen LogP contribution in [-0.2, 0) is 22.5 Å². The number of nitrogens with one attached hydrogen (secondary N) is 1. The molecule has 2 rings (SSSR count). The Labute approximate surface area is 101 Å². The van der Waals surface area contributed by atoms with Crippen LogP contribution < -0.4 is 5.32 Å². The Hall–Kier alpha value is -1.36. The molecule has 0 fully saturated rings. The molecule has 17 heavy (non-hydrogen) atoms. The second-order valence-corrected chi connectivity index (χ2v) is 4.40. The van der Waals surface area contributed by atoms with E-state index in [-0.39, 0.29) is 11.9 Å². The second kappa shape index (κ2) is 5.82. The molecule has 0 saturated carbocycles. The summed E-state index contributed by atoms with van der Waals surface area (Å²) in [5, 5.41) is 3.07. The largest absolute Gasteiger partial charge is 0.385 e. The van der Waals surface area contributed by atoms with Crippen LogP contribution in [0.5, 0.6) is 0 Å². The third-order valence-electron chi connectivity index (χ3n) is 3.05. The maximum absolute atomic E-state index is 11.6. The number of amides is 1. The summed E-state index contributed by atoms with van der Waals surface area (Å²) in [5.41, 5.74) is 0. The lowest BCUT2D eigenvalue weighted by Crippen LogP contribution is -2.40. The zero-order chi connectivity index (χ0) is 12.1. The molecule has 5 nitrogen and oxygen atoms in total. The first-order chi connectivity index (χ1) is 8.29. The molecule has 1 N–H and O–H groups in total. The minimum atomic E-state index is 0.121. The number of aryl methyl sites for hydroxylation is 1. The fraction of sp³-hybridized carbons (Fsp3) is 0.667. The molecule has 1 aliphatic heterocycles. The van der Waals surface area contributed by atoms with Crippen LogP contribution in [0.15, 0.2) is 12.4 Å². The van der Waals surface area contributed by atoms with E-state index < -0.39 is 0 Å². The standard InChI is InChI=1S/C12H19N3O2/c1-17-8-2-3-12(16)14-10-4-5-11-13-6-7-15(11)9-10/h6-7,10H,2-5,8-9H2,1H3,(H,14,16). The molecule has 94 valence electrons. The van der Waals surface area contributed by atoms with Crippen LogP contribution in [0.2, 0.25) is 0 Å². The van der Waals surface area contributed by atoms with Gasteiger partial charge in [-0.3, -0.25) is 4.79 Å². The summed E-state index contributed by atoms with van der Waals surface area (Å²) in [6.07, 6.45) is 7.03. The maximum Gasteiger partial charge on any atom is 0.220 e. The molecule has 0 spiro atoms. The summed E-state index contributed by atoms with van der Waals surface area (Å²) in [4.78, 5) is 15.9. The molecule has 1 unspecified atom stereocenters. The Kier molecular flexibility index (Phi) is 4.14. The van der Waals surface area contributed by atoms with Crippen molar-refractivity contribution < 1.29 is 9.53 Å². The molecular weight excluding hydrogens is 218 g/mol. The van der Waals surface area contributed by atoms with Crippen molar-refractivity contribution in [2.75, 3.05) is 13.7 Å². The lowest BCUT2D eigenvalue weighted by Gasteiger charge is -2.24. The Morgan fingerprint density at radius 2 is 2.59 bits per heavy atom. The first-order valence-electron chi connectivity index (χ1n) is 6.08. The van der Waals surface area contributed by atoms with Gasteiger partial charge in [-0.25, -0.2) is 4.98 Å². The number of fused-ring (bicyclic) bond motifs is 1. The second-order valence-electron chi connectivity index (χ2n) is 4.40. The molecule has 1 amide bonds. The average Bonchev–Trinajstić information content (AvgIpc) is 2.76. The number of methoxy groups -OCH3 is 1. The Morgan fingerprint density at radius 1 is 1.71 bits per heavy atom. The van der Waals surface area contributed by atoms with Crippen LogP contribution in [-0.4, -0.2) is 35.2 Å². The highest BCUT2D eigenvalue weighted by Gasteiger charge is 2.19. The van der Waals surface area contributed by atoms with Crippen LogP contribution in [0, 0.1) is 0 Å². The van der Waals surface area contributed by atoms with Gasteiger partial charge in [-0.05, 0) is 12.8 Å². The number of imidazole rings is 1. The summed E-state index contributed by atoms with van der Waals surface area (Å²) in [7, 11) is 1.65. The van der Waals surface area contributed by atoms with E-state index in [0.717, 1.165) is 31.6 Å². The van der Waals surface area contributed by atoms with Gasteiger partial charge in [0.15, 0.2) is 0 Å². The molecule has 0 bridgehead atoms. The van der Waals surface area contributed by atoms with Gasteiger partial charge in [-0.1, -0.05) is 0 Å². The number of nitrogens with zero attached hydrogens (tertiary/aromatic N) is 2. The molecule has 0 saturated heterocycles. The highest BCUT2D eigenvalue weighted by Crippen LogP contribution is 2.13. The minimum absolute atomic E-state index is 0.121. The third kappa shape index (κ3) is 3.30. The van der Waals surface area contributed by atoms with Crippen LogP contribution in [0.3, 0.4) is 0 Å². The van der Waals surface area contributed by atoms with Gasteiger partial charge in [-0.15, -0.1) is 0 Å². The lowest BCUT2D eigenvalue weighted by molar-refractivity contribution is -0.122. The predicted octanol–water partition coefficient (Wildman–Crippen LogP) is 0.741. The minimum Gasteiger partial charge on any atom is -0.385 e. The number of hydrogen-bond acceptors (Lipinski definition) is 3. The third-order valence-corrected chi connectivity index (χ3v) is 3.05. The van der Waals surface area contributed by atoms with Crippen LogP contribution in [0.4, 0.5) is 0 Å². The fourth-order valence-electron chi connectivity index (χ4n) is 2.16. The summed E-state index contributed by atoms with van der Waals surface area (Å²) in [6, 6.07) is 0.242. The van der Waals surface area contributed by atoms with Crippen molar-refractivity contribution in [3.05, 3.63) is 18.2 Å². The first-order valence-corrected chi connectivity index (χ1v) is 6.08. The Morgan fingerprint density at radius 3 is 3.41 bits per heavy atom. The molecule has 2 heterocycles. The normalized spacial score (nSPS) is 18.8. The van der Waals surface area contributed by atoms with Crippen molar-refractivity contribution in [3.8, 4) is 0 Å². The highest BCUT2D eigenvalue weighted by molar-refractivity contribution is 5.76. The van der Waals surface area contributed by atoms with E-state index in [1.165, 1.54) is 0 Å². The predicted molar refractivity (Wildman–Crippen MR) is 63.6 cm³/mol. The van der Waals surface area contributed by atoms with E-state index in [0.29, 0.717) is 13.0 Å². The maximum atomic E-state index is 11.6. The highest BCUT2D eigenvalue weighted by atomic mass is 16.5. The van der Waals surface area contributed by atoms with Gasteiger partial charge in [0.1, 0.15) is 5.82 Å². The Bertz CT molecular complexity index is 376. The topological polar surface area (TPSA) is 56.1 Å². The van der Waals surface area contributed by atoms with Gasteiger partial charge >= 0.3 is 0 Å². The molecule has 5 heteroatoms. The number of carbonyl (C=O) groups is 1. The van der Waals surface area contributed by atoms with Crippen LogP contribution in [0.25, 0.3) is 0 Å². The van der Waals surface area contributed by atoms with Gasteiger partial charge in [0, 0.05) is 51.5 Å². The molecule has 0 radical (unpaired) electrons. The molecule has 1 aromatic heterocycles. The van der Waals surface area contributed by atoms with Crippen molar-refractivity contribution in [2.24, 2.45) is 0 Å². The lowest BCUT2D eigenvalue weighted by atomic mass is 10.1. The Balaban J connectivity index is 1.76. The van der Waals surface area contributed by atoms with Gasteiger partial charge in [0.05, 0.1) is 0 Å². The molecule has 1 aliphatic rings. The summed E-state index contributed by atoms with van der Waals surface area (Å²) >= 11 is 0. The van der Waals surface area contributed by atoms with E-state index in [4.69, 9.17) is 4.74 Å². The van der Waals surface area contributed by atoms with Crippen molar-refractivity contribution in [3.63, 3.8) is 0 Å². The van der Waals surface area contributed by atoms with Gasteiger partial charge in [-0.2, -0.15) is 0 Å². The number of carbonyl (C=O) groups excluding carboxylic acids is 1. The number of rotatable bonds is 5. The monoisotopic (exact) mass is 237 g/mol. The zero-order valence-corrected chi connectivity index (χ0v) is 10.2. The molecular formula is C12H19N3O2. The molecule has 1 aromatic rings. The zero-order valence-electron chi connectivity index (χ0n) is 10.2. The fourth-order valence-corrected chi connectivity index (χ4v) is 2.16. The van der Waals surface area contributed by atoms with E-state index in [1.807, 2.05) is 12.4 Å².